The second kappa shape index (κ2) is 10.2. The van der Waals surface area contributed by atoms with Crippen molar-refractivity contribution in [3.05, 3.63) is 0 Å². The summed E-state index contributed by atoms with van der Waals surface area (Å²) in [5, 5.41) is 3.05. The van der Waals surface area contributed by atoms with Gasteiger partial charge in [-0.3, -0.25) is 19.3 Å². The first-order chi connectivity index (χ1) is 8.88. The lowest BCUT2D eigenvalue weighted by Gasteiger charge is -2.28. The van der Waals surface area contributed by atoms with Crippen molar-refractivity contribution < 1.29 is 14.4 Å². The van der Waals surface area contributed by atoms with Crippen molar-refractivity contribution in [2.45, 2.75) is 39.2 Å². The van der Waals surface area contributed by atoms with Gasteiger partial charge in [-0.25, -0.2) is 0 Å². The van der Waals surface area contributed by atoms with Gasteiger partial charge < -0.3 is 5.32 Å². The first kappa shape index (κ1) is 18.4. The normalized spacial score (nSPS) is 12.5. The van der Waals surface area contributed by atoms with Crippen LogP contribution in [0.3, 0.4) is 0 Å². The number of hydrogen-bond donors (Lipinski definition) is 1. The van der Waals surface area contributed by atoms with E-state index in [0.717, 1.165) is 19.4 Å². The fraction of sp³-hybridized carbons (Fsp3) is 0.769. The van der Waals surface area contributed by atoms with Gasteiger partial charge in [-0.2, -0.15) is 0 Å². The maximum absolute atomic E-state index is 11.7. The molecule has 0 saturated carbocycles. The first-order valence-corrected chi connectivity index (χ1v) is 7.13. The van der Waals surface area contributed by atoms with Gasteiger partial charge in [0.25, 0.3) is 0 Å². The van der Waals surface area contributed by atoms with Crippen LogP contribution in [0.4, 0.5) is 0 Å². The molecule has 2 unspecified atom stereocenters. The smallest absolute Gasteiger partial charge is 0.162 e. The van der Waals surface area contributed by atoms with Crippen LogP contribution in [0.1, 0.15) is 33.1 Å². The van der Waals surface area contributed by atoms with Crippen LogP contribution in [0.5, 0.6) is 0 Å². The molecule has 0 aromatic rings. The minimum Gasteiger partial charge on any atom is -0.320 e. The molecule has 6 heteroatoms. The van der Waals surface area contributed by atoms with E-state index >= 15 is 0 Å². The van der Waals surface area contributed by atoms with E-state index in [0.29, 0.717) is 6.42 Å². The Hall–Kier alpha value is -0.640. The van der Waals surface area contributed by atoms with E-state index in [-0.39, 0.29) is 36.2 Å². The molecule has 0 bridgehead atoms. The van der Waals surface area contributed by atoms with E-state index in [1.807, 2.05) is 7.05 Å². The van der Waals surface area contributed by atoms with E-state index in [1.54, 1.807) is 4.90 Å². The zero-order valence-electron chi connectivity index (χ0n) is 12.1. The molecule has 0 fully saturated rings. The minimum atomic E-state index is -0.342. The second-order valence-electron chi connectivity index (χ2n) is 4.80. The molecule has 0 aromatic carbocycles. The van der Waals surface area contributed by atoms with E-state index < -0.39 is 0 Å². The van der Waals surface area contributed by atoms with Crippen LogP contribution < -0.4 is 5.32 Å². The quantitative estimate of drug-likeness (QED) is 0.446. The third-order valence-corrected chi connectivity index (χ3v) is 3.03. The molecule has 0 radical (unpaired) electrons. The van der Waals surface area contributed by atoms with Crippen molar-refractivity contribution in [1.29, 1.82) is 0 Å². The number of carbonyl (C=O) groups is 3. The van der Waals surface area contributed by atoms with Crippen LogP contribution in [-0.4, -0.2) is 54.7 Å². The number of nitrogens with zero attached hydrogens (tertiary/aromatic N) is 1. The number of hydrogen-bond acceptors (Lipinski definition) is 5. The summed E-state index contributed by atoms with van der Waals surface area (Å²) in [5.74, 6) is -0.0234. The van der Waals surface area contributed by atoms with Crippen LogP contribution in [0.25, 0.3) is 0 Å². The molecule has 5 nitrogen and oxygen atoms in total. The topological polar surface area (TPSA) is 66.5 Å². The Morgan fingerprint density at radius 2 is 1.79 bits per heavy atom. The Morgan fingerprint density at radius 1 is 1.16 bits per heavy atom. The molecule has 0 aliphatic heterocycles. The largest absolute Gasteiger partial charge is 0.320 e. The fourth-order valence-electron chi connectivity index (χ4n) is 2.04. The third-order valence-electron chi connectivity index (χ3n) is 2.85. The van der Waals surface area contributed by atoms with Gasteiger partial charge in [-0.05, 0) is 40.3 Å². The zero-order valence-corrected chi connectivity index (χ0v) is 13.2. The van der Waals surface area contributed by atoms with Crippen LogP contribution in [0.15, 0.2) is 0 Å². The number of unbranched alkanes of at least 4 members (excludes halogenated alkanes) is 1. The van der Waals surface area contributed by atoms with Gasteiger partial charge in [-0.1, -0.05) is 15.7 Å². The SMILES string of the molecule is CNCCCCC(C(C)=O)N(CC(C)=O)CC(=O)P. The summed E-state index contributed by atoms with van der Waals surface area (Å²) in [7, 11) is 3.98. The summed E-state index contributed by atoms with van der Waals surface area (Å²) in [4.78, 5) is 35.9. The highest BCUT2D eigenvalue weighted by atomic mass is 31.0. The summed E-state index contributed by atoms with van der Waals surface area (Å²) in [6.45, 7) is 4.17. The summed E-state index contributed by atoms with van der Waals surface area (Å²) in [5.41, 5.74) is -0.109. The molecule has 0 heterocycles. The molecule has 2 atom stereocenters. The van der Waals surface area contributed by atoms with Gasteiger partial charge in [0.05, 0.1) is 19.1 Å². The second-order valence-corrected chi connectivity index (χ2v) is 5.44. The van der Waals surface area contributed by atoms with Crippen molar-refractivity contribution in [2.75, 3.05) is 26.7 Å². The average molecular weight is 288 g/mol. The lowest BCUT2D eigenvalue weighted by atomic mass is 10.0. The maximum atomic E-state index is 11.7. The molecular formula is C13H25N2O3P. The van der Waals surface area contributed by atoms with Crippen LogP contribution >= 0.6 is 9.24 Å². The molecular weight excluding hydrogens is 263 g/mol. The first-order valence-electron chi connectivity index (χ1n) is 6.55. The van der Waals surface area contributed by atoms with E-state index in [9.17, 15) is 14.4 Å². The molecule has 0 aliphatic rings. The summed E-state index contributed by atoms with van der Waals surface area (Å²) in [6, 6.07) is -0.342. The lowest BCUT2D eigenvalue weighted by molar-refractivity contribution is -0.125. The predicted molar refractivity (Wildman–Crippen MR) is 79.2 cm³/mol. The van der Waals surface area contributed by atoms with Crippen LogP contribution in [0.2, 0.25) is 0 Å². The van der Waals surface area contributed by atoms with E-state index in [2.05, 4.69) is 14.6 Å². The van der Waals surface area contributed by atoms with E-state index in [1.165, 1.54) is 13.8 Å². The highest BCUT2D eigenvalue weighted by Crippen LogP contribution is 2.11. The van der Waals surface area contributed by atoms with Gasteiger partial charge in [-0.15, -0.1) is 0 Å². The Bertz CT molecular complexity index is 305. The van der Waals surface area contributed by atoms with Crippen molar-refractivity contribution in [3.8, 4) is 0 Å². The Morgan fingerprint density at radius 3 is 2.21 bits per heavy atom. The van der Waals surface area contributed by atoms with Crippen molar-refractivity contribution in [3.63, 3.8) is 0 Å². The molecule has 110 valence electrons. The van der Waals surface area contributed by atoms with Gasteiger partial charge in [0.1, 0.15) is 11.6 Å². The number of ketones is 2. The average Bonchev–Trinajstić information content (AvgIpc) is 2.26. The molecule has 0 amide bonds. The zero-order chi connectivity index (χ0) is 14.8. The van der Waals surface area contributed by atoms with Gasteiger partial charge in [0.2, 0.25) is 0 Å². The number of rotatable bonds is 11. The Labute approximate surface area is 117 Å². The lowest BCUT2D eigenvalue weighted by Crippen LogP contribution is -2.44. The van der Waals surface area contributed by atoms with Gasteiger partial charge in [0.15, 0.2) is 5.52 Å². The molecule has 0 aromatic heterocycles. The molecule has 1 N–H and O–H groups in total. The molecule has 0 aliphatic carbocycles. The summed E-state index contributed by atoms with van der Waals surface area (Å²) >= 11 is 0. The summed E-state index contributed by atoms with van der Waals surface area (Å²) in [6.07, 6.45) is 2.55. The van der Waals surface area contributed by atoms with Crippen molar-refractivity contribution >= 4 is 26.3 Å². The number of nitrogens with one attached hydrogen (secondary N) is 1. The summed E-state index contributed by atoms with van der Waals surface area (Å²) < 4.78 is 0. The van der Waals surface area contributed by atoms with Gasteiger partial charge >= 0.3 is 0 Å². The van der Waals surface area contributed by atoms with Crippen LogP contribution in [-0.2, 0) is 14.4 Å². The monoisotopic (exact) mass is 288 g/mol. The third kappa shape index (κ3) is 8.98. The van der Waals surface area contributed by atoms with Crippen molar-refractivity contribution in [2.24, 2.45) is 0 Å². The molecule has 0 spiro atoms. The molecule has 0 rings (SSSR count). The predicted octanol–water partition coefficient (Wildman–Crippen LogP) is 0.626. The van der Waals surface area contributed by atoms with Crippen LogP contribution in [0, 0.1) is 0 Å². The highest BCUT2D eigenvalue weighted by Gasteiger charge is 2.24. The van der Waals surface area contributed by atoms with E-state index in [4.69, 9.17) is 0 Å². The fourth-order valence-corrected chi connectivity index (χ4v) is 2.28. The number of Topliss-reactive ketones (excluding diaryl/α,β-unsaturated/α-hetero) is 2. The van der Waals surface area contributed by atoms with Gasteiger partial charge in [0, 0.05) is 0 Å². The Kier molecular flexibility index (Phi) is 9.84. The molecule has 19 heavy (non-hydrogen) atoms. The maximum Gasteiger partial charge on any atom is 0.162 e. The molecule has 0 saturated heterocycles. The minimum absolute atomic E-state index is 0.0111. The Balaban J connectivity index is 4.59. The van der Waals surface area contributed by atoms with Crippen molar-refractivity contribution in [1.82, 2.24) is 10.2 Å². The number of carbonyl (C=O) groups excluding carboxylic acids is 3. The highest BCUT2D eigenvalue weighted by molar-refractivity contribution is 7.40. The standard InChI is InChI=1S/C13H25N2O3P/c1-10(16)8-15(9-13(18)19)12(11(2)17)6-4-5-7-14-3/h12,14H,4-9,19H2,1-3H3.